The van der Waals surface area contributed by atoms with Crippen LogP contribution in [0, 0.1) is 0 Å². The molecule has 0 aliphatic rings. The lowest BCUT2D eigenvalue weighted by atomic mass is 10.0. The molecule has 0 aromatic carbocycles. The Hall–Kier alpha value is -1.77. The molecule has 2 N–H and O–H groups in total. The van der Waals surface area contributed by atoms with Crippen LogP contribution >= 0.6 is 7.82 Å². The summed E-state index contributed by atoms with van der Waals surface area (Å²) in [7, 11) is 1.50. The van der Waals surface area contributed by atoms with Crippen LogP contribution in [-0.4, -0.2) is 74.3 Å². The second-order valence-corrected chi connectivity index (χ2v) is 24.0. The van der Waals surface area contributed by atoms with Crippen molar-refractivity contribution in [2.45, 2.75) is 315 Å². The van der Waals surface area contributed by atoms with Crippen molar-refractivity contribution in [2.75, 3.05) is 40.9 Å². The molecule has 3 atom stereocenters. The zero-order chi connectivity index (χ0) is 53.6. The Kier molecular flexibility index (Phi) is 52.3. The monoisotopic (exact) mass is 1050 g/mol. The molecular formula is C63H122N2O7P+. The van der Waals surface area contributed by atoms with Crippen LogP contribution in [0.15, 0.2) is 36.5 Å². The largest absolute Gasteiger partial charge is 0.472 e. The number of phosphoric ester groups is 1. The Bertz CT molecular complexity index is 1350. The first-order chi connectivity index (χ1) is 35.4. The van der Waals surface area contributed by atoms with Crippen LogP contribution in [0.1, 0.15) is 303 Å². The number of nitrogens with one attached hydrogen (secondary N) is 1. The molecule has 0 saturated heterocycles. The van der Waals surface area contributed by atoms with E-state index in [-0.39, 0.29) is 25.1 Å². The number of hydrogen-bond acceptors (Lipinski definition) is 6. The Labute approximate surface area is 453 Å². The van der Waals surface area contributed by atoms with E-state index in [1.165, 1.54) is 205 Å². The molecule has 10 heteroatoms. The van der Waals surface area contributed by atoms with Crippen LogP contribution in [0.4, 0.5) is 0 Å². The summed E-state index contributed by atoms with van der Waals surface area (Å²) in [6.07, 6.45) is 64.2. The molecule has 0 heterocycles. The molecular weight excluding hydrogens is 928 g/mol. The summed E-state index contributed by atoms with van der Waals surface area (Å²) in [4.78, 5) is 37.7. The van der Waals surface area contributed by atoms with Crippen LogP contribution in [0.25, 0.3) is 0 Å². The summed E-state index contributed by atoms with van der Waals surface area (Å²) in [6.45, 7) is 7.01. The number of rotatable bonds is 57. The number of carbonyl (C=O) groups excluding carboxylic acids is 2. The van der Waals surface area contributed by atoms with Crippen molar-refractivity contribution in [2.24, 2.45) is 0 Å². The van der Waals surface area contributed by atoms with E-state index >= 15 is 0 Å². The van der Waals surface area contributed by atoms with Crippen molar-refractivity contribution in [1.29, 1.82) is 0 Å². The number of allylic oxidation sites excluding steroid dienone is 5. The lowest BCUT2D eigenvalue weighted by Gasteiger charge is -2.27. The van der Waals surface area contributed by atoms with Gasteiger partial charge in [0.2, 0.25) is 5.91 Å². The van der Waals surface area contributed by atoms with E-state index in [9.17, 15) is 19.0 Å². The fraction of sp³-hybridized carbons (Fsp3) is 0.873. The summed E-state index contributed by atoms with van der Waals surface area (Å²) in [5.41, 5.74) is 0. The zero-order valence-electron chi connectivity index (χ0n) is 49.1. The second kappa shape index (κ2) is 53.6. The van der Waals surface area contributed by atoms with Crippen molar-refractivity contribution < 1.29 is 37.3 Å². The first-order valence-corrected chi connectivity index (χ1v) is 32.8. The first kappa shape index (κ1) is 71.2. The number of likely N-dealkylation sites (N-methyl/N-ethyl adjacent to an activating group) is 1. The molecule has 3 unspecified atom stereocenters. The Morgan fingerprint density at radius 3 is 1.26 bits per heavy atom. The summed E-state index contributed by atoms with van der Waals surface area (Å²) in [5, 5.41) is 3.06. The molecule has 1 amide bonds. The van der Waals surface area contributed by atoms with Crippen molar-refractivity contribution in [1.82, 2.24) is 5.32 Å². The highest BCUT2D eigenvalue weighted by Crippen LogP contribution is 2.43. The number of phosphoric acid groups is 1. The number of esters is 1. The third-order valence-electron chi connectivity index (χ3n) is 14.1. The van der Waals surface area contributed by atoms with E-state index in [2.05, 4.69) is 50.4 Å². The van der Waals surface area contributed by atoms with Crippen LogP contribution in [0.5, 0.6) is 0 Å². The number of carbonyl (C=O) groups is 2. The van der Waals surface area contributed by atoms with Crippen molar-refractivity contribution in [3.05, 3.63) is 36.5 Å². The molecule has 0 spiro atoms. The topological polar surface area (TPSA) is 111 Å². The standard InChI is InChI=1S/C63H121N2O7P/c1-7-10-13-16-19-22-25-27-29-31-32-34-35-37-40-43-46-49-52-55-62(66)64-60(59-71-73(68,69)70-58-57-65(4,5)6)61(54-51-48-45-42-39-24-21-18-15-12-9-3)72-63(67)56-53-50-47-44-41-38-36-33-30-28-26-23-20-17-14-11-8-2/h19,22,27,29,51,54,60-61H,7-18,20-21,23-26,28,30-50,52-53,55-59H2,1-6H3,(H-,64,66,68,69)/p+1/b22-19-,29-27-,54-51+. The normalized spacial score (nSPS) is 13.9. The molecule has 73 heavy (non-hydrogen) atoms. The van der Waals surface area contributed by atoms with Gasteiger partial charge in [-0.2, -0.15) is 0 Å². The van der Waals surface area contributed by atoms with E-state index in [0.29, 0.717) is 23.9 Å². The fourth-order valence-electron chi connectivity index (χ4n) is 9.21. The van der Waals surface area contributed by atoms with Gasteiger partial charge in [-0.15, -0.1) is 0 Å². The van der Waals surface area contributed by atoms with Gasteiger partial charge in [-0.1, -0.05) is 263 Å². The van der Waals surface area contributed by atoms with Gasteiger partial charge in [0.25, 0.3) is 0 Å². The van der Waals surface area contributed by atoms with Crippen LogP contribution < -0.4 is 5.32 Å². The average Bonchev–Trinajstić information content (AvgIpc) is 3.35. The van der Waals surface area contributed by atoms with E-state index in [0.717, 1.165) is 64.2 Å². The molecule has 0 aliphatic carbocycles. The third-order valence-corrected chi connectivity index (χ3v) is 15.1. The summed E-state index contributed by atoms with van der Waals surface area (Å²) < 4.78 is 30.7. The molecule has 0 rings (SSSR count). The predicted molar refractivity (Wildman–Crippen MR) is 314 cm³/mol. The molecule has 430 valence electrons. The van der Waals surface area contributed by atoms with E-state index in [1.807, 2.05) is 33.3 Å². The smallest absolute Gasteiger partial charge is 0.456 e. The van der Waals surface area contributed by atoms with Crippen molar-refractivity contribution >= 4 is 19.7 Å². The highest BCUT2D eigenvalue weighted by molar-refractivity contribution is 7.47. The number of quaternary nitrogens is 1. The van der Waals surface area contributed by atoms with Crippen molar-refractivity contribution in [3.63, 3.8) is 0 Å². The van der Waals surface area contributed by atoms with Gasteiger partial charge in [-0.05, 0) is 63.9 Å². The minimum atomic E-state index is -4.44. The van der Waals surface area contributed by atoms with Gasteiger partial charge < -0.3 is 19.4 Å². The van der Waals surface area contributed by atoms with Crippen LogP contribution in [0.2, 0.25) is 0 Å². The molecule has 0 aromatic heterocycles. The third kappa shape index (κ3) is 54.8. The van der Waals surface area contributed by atoms with Gasteiger partial charge >= 0.3 is 13.8 Å². The van der Waals surface area contributed by atoms with E-state index in [1.54, 1.807) is 0 Å². The summed E-state index contributed by atoms with van der Waals surface area (Å²) in [6, 6.07) is -0.846. The van der Waals surface area contributed by atoms with Gasteiger partial charge in [-0.3, -0.25) is 18.6 Å². The van der Waals surface area contributed by atoms with Crippen LogP contribution in [0.3, 0.4) is 0 Å². The van der Waals surface area contributed by atoms with Gasteiger partial charge in [0.05, 0.1) is 33.8 Å². The Balaban J connectivity index is 5.19. The van der Waals surface area contributed by atoms with E-state index in [4.69, 9.17) is 13.8 Å². The van der Waals surface area contributed by atoms with Gasteiger partial charge in [0.1, 0.15) is 19.3 Å². The van der Waals surface area contributed by atoms with E-state index < -0.39 is 20.0 Å². The van der Waals surface area contributed by atoms with Gasteiger partial charge in [0.15, 0.2) is 0 Å². The molecule has 9 nitrogen and oxygen atoms in total. The molecule has 0 bridgehead atoms. The number of hydrogen-bond donors (Lipinski definition) is 2. The maximum absolute atomic E-state index is 13.5. The summed E-state index contributed by atoms with van der Waals surface area (Å²) >= 11 is 0. The molecule has 0 fully saturated rings. The van der Waals surface area contributed by atoms with Crippen molar-refractivity contribution in [3.8, 4) is 0 Å². The number of nitrogens with zero attached hydrogens (tertiary/aromatic N) is 1. The maximum atomic E-state index is 13.5. The highest BCUT2D eigenvalue weighted by atomic mass is 31.2. The minimum Gasteiger partial charge on any atom is -0.456 e. The quantitative estimate of drug-likeness (QED) is 0.0205. The average molecular weight is 1050 g/mol. The zero-order valence-corrected chi connectivity index (χ0v) is 50.0. The summed E-state index contributed by atoms with van der Waals surface area (Å²) in [5.74, 6) is -0.497. The molecule has 0 aliphatic heterocycles. The van der Waals surface area contributed by atoms with Gasteiger partial charge in [-0.25, -0.2) is 4.57 Å². The molecule has 0 aromatic rings. The number of amides is 1. The van der Waals surface area contributed by atoms with Gasteiger partial charge in [0, 0.05) is 12.8 Å². The number of ether oxygens (including phenoxy) is 1. The SMILES string of the molecule is CCCCC/C=C\C/C=C\CCCCCCCCCCCC(=O)NC(COP(=O)(O)OCC[N+](C)(C)C)C(/C=C/CCCCCCCCCCC)OC(=O)CCCCCCCCCCCCCCCCCCC. The van der Waals surface area contributed by atoms with Crippen LogP contribution in [-0.2, 0) is 27.9 Å². The predicted octanol–water partition coefficient (Wildman–Crippen LogP) is 19.1. The lowest BCUT2D eigenvalue weighted by molar-refractivity contribution is -0.870. The Morgan fingerprint density at radius 2 is 0.836 bits per heavy atom. The molecule has 0 saturated carbocycles. The lowest BCUT2D eigenvalue weighted by Crippen LogP contribution is -2.47. The second-order valence-electron chi connectivity index (χ2n) is 22.6. The maximum Gasteiger partial charge on any atom is 0.472 e. The first-order valence-electron chi connectivity index (χ1n) is 31.3. The number of unbranched alkanes of at least 4 members (excludes halogenated alkanes) is 37. The fourth-order valence-corrected chi connectivity index (χ4v) is 9.94. The minimum absolute atomic E-state index is 0.0416. The highest BCUT2D eigenvalue weighted by Gasteiger charge is 2.30. The Morgan fingerprint density at radius 1 is 0.479 bits per heavy atom. The molecule has 0 radical (unpaired) electrons.